The molecule has 1 saturated carbocycles. The lowest BCUT2D eigenvalue weighted by atomic mass is 9.96. The van der Waals surface area contributed by atoms with Crippen molar-refractivity contribution in [1.82, 2.24) is 20.4 Å². The van der Waals surface area contributed by atoms with E-state index in [0.717, 1.165) is 48.2 Å². The van der Waals surface area contributed by atoms with E-state index >= 15 is 0 Å². The zero-order valence-electron chi connectivity index (χ0n) is 17.5. The predicted molar refractivity (Wildman–Crippen MR) is 115 cm³/mol. The van der Waals surface area contributed by atoms with Gasteiger partial charge in [-0.05, 0) is 36.5 Å². The van der Waals surface area contributed by atoms with Gasteiger partial charge < -0.3 is 19.5 Å². The van der Waals surface area contributed by atoms with Crippen LogP contribution in [0.1, 0.15) is 37.1 Å². The van der Waals surface area contributed by atoms with Crippen molar-refractivity contribution in [3.63, 3.8) is 0 Å². The molecule has 2 aromatic heterocycles. The van der Waals surface area contributed by atoms with E-state index in [1.165, 1.54) is 19.8 Å². The molecule has 2 aliphatic rings. The van der Waals surface area contributed by atoms with Crippen molar-refractivity contribution < 1.29 is 14.1 Å². The van der Waals surface area contributed by atoms with E-state index < -0.39 is 0 Å². The average molecular weight is 419 g/mol. The average Bonchev–Trinajstić information content (AvgIpc) is 3.47. The first kappa shape index (κ1) is 19.5. The summed E-state index contributed by atoms with van der Waals surface area (Å²) >= 11 is 0. The molecule has 1 amide bonds. The Morgan fingerprint density at radius 2 is 1.90 bits per heavy atom. The van der Waals surface area contributed by atoms with Crippen LogP contribution in [0.25, 0.3) is 11.1 Å². The van der Waals surface area contributed by atoms with Crippen molar-refractivity contribution in [2.75, 3.05) is 24.6 Å². The fourth-order valence-corrected chi connectivity index (χ4v) is 3.52. The van der Waals surface area contributed by atoms with Gasteiger partial charge in [-0.1, -0.05) is 17.3 Å². The third kappa shape index (κ3) is 4.68. The van der Waals surface area contributed by atoms with E-state index in [9.17, 15) is 4.79 Å². The summed E-state index contributed by atoms with van der Waals surface area (Å²) in [6, 6.07) is 10.0. The molecule has 5 rings (SSSR count). The largest absolute Gasteiger partial charge is 0.493 e. The maximum Gasteiger partial charge on any atom is 0.225 e. The lowest BCUT2D eigenvalue weighted by Crippen LogP contribution is -2.46. The number of amides is 1. The van der Waals surface area contributed by atoms with Crippen LogP contribution in [0.2, 0.25) is 0 Å². The number of benzene rings is 1. The van der Waals surface area contributed by atoms with Crippen molar-refractivity contribution >= 4 is 11.9 Å². The number of ether oxygens (including phenoxy) is 1. The van der Waals surface area contributed by atoms with Gasteiger partial charge in [0, 0.05) is 50.0 Å². The lowest BCUT2D eigenvalue weighted by Gasteiger charge is -2.38. The molecule has 2 fully saturated rings. The molecular weight excluding hydrogens is 394 g/mol. The molecule has 1 aromatic carbocycles. The molecule has 0 atom stereocenters. The second-order valence-electron chi connectivity index (χ2n) is 8.28. The molecule has 1 aliphatic carbocycles. The van der Waals surface area contributed by atoms with Crippen molar-refractivity contribution in [2.24, 2.45) is 5.92 Å². The van der Waals surface area contributed by atoms with Gasteiger partial charge in [0.25, 0.3) is 0 Å². The van der Waals surface area contributed by atoms with Gasteiger partial charge in [-0.25, -0.2) is 9.97 Å². The summed E-state index contributed by atoms with van der Waals surface area (Å²) in [4.78, 5) is 22.2. The quantitative estimate of drug-likeness (QED) is 0.599. The monoisotopic (exact) mass is 419 g/mol. The van der Waals surface area contributed by atoms with Crippen LogP contribution in [0, 0.1) is 5.92 Å². The summed E-state index contributed by atoms with van der Waals surface area (Å²) in [6.07, 6.45) is 6.30. The molecule has 1 N–H and O–H groups in total. The molecule has 0 radical (unpaired) electrons. The van der Waals surface area contributed by atoms with Crippen LogP contribution in [0.5, 0.6) is 5.75 Å². The first-order valence-electron chi connectivity index (χ1n) is 10.6. The number of anilines is 1. The Morgan fingerprint density at radius 1 is 1.16 bits per heavy atom. The second-order valence-corrected chi connectivity index (χ2v) is 8.28. The van der Waals surface area contributed by atoms with Gasteiger partial charge in [-0.2, -0.15) is 0 Å². The summed E-state index contributed by atoms with van der Waals surface area (Å²) in [6.45, 7) is 4.23. The third-order valence-corrected chi connectivity index (χ3v) is 5.68. The van der Waals surface area contributed by atoms with E-state index in [0.29, 0.717) is 18.3 Å². The summed E-state index contributed by atoms with van der Waals surface area (Å²) in [7, 11) is 0. The fourth-order valence-electron chi connectivity index (χ4n) is 3.52. The van der Waals surface area contributed by atoms with E-state index in [-0.39, 0.29) is 11.8 Å². The maximum atomic E-state index is 11.0. The van der Waals surface area contributed by atoms with Crippen molar-refractivity contribution in [3.8, 4) is 16.9 Å². The topological polar surface area (TPSA) is 93.4 Å². The highest BCUT2D eigenvalue weighted by Gasteiger charge is 2.32. The maximum absolute atomic E-state index is 11.0. The molecule has 0 spiro atoms. The normalized spacial score (nSPS) is 16.1. The minimum Gasteiger partial charge on any atom is -0.493 e. The summed E-state index contributed by atoms with van der Waals surface area (Å²) in [5.41, 5.74) is 2.95. The first-order chi connectivity index (χ1) is 15.1. The molecule has 1 aliphatic heterocycles. The summed E-state index contributed by atoms with van der Waals surface area (Å²) in [5.74, 6) is 3.22. The van der Waals surface area contributed by atoms with Gasteiger partial charge in [0.2, 0.25) is 11.9 Å². The molecule has 3 heterocycles. The van der Waals surface area contributed by atoms with Crippen LogP contribution in [0.3, 0.4) is 0 Å². The molecule has 1 saturated heterocycles. The highest BCUT2D eigenvalue weighted by Crippen LogP contribution is 2.31. The Morgan fingerprint density at radius 3 is 2.58 bits per heavy atom. The number of carbonyl (C=O) groups is 1. The van der Waals surface area contributed by atoms with Crippen LogP contribution < -0.4 is 15.0 Å². The first-order valence-corrected chi connectivity index (χ1v) is 10.6. The van der Waals surface area contributed by atoms with Crippen molar-refractivity contribution in [1.29, 1.82) is 0 Å². The Kier molecular flexibility index (Phi) is 5.28. The Hall–Kier alpha value is -3.42. The number of hydrogen-bond donors (Lipinski definition) is 1. The summed E-state index contributed by atoms with van der Waals surface area (Å²) in [5, 5.41) is 6.84. The van der Waals surface area contributed by atoms with Gasteiger partial charge >= 0.3 is 0 Å². The number of nitrogens with one attached hydrogen (secondary N) is 1. The molecule has 8 heteroatoms. The van der Waals surface area contributed by atoms with Gasteiger partial charge in [-0.3, -0.25) is 4.79 Å². The smallest absolute Gasteiger partial charge is 0.225 e. The zero-order chi connectivity index (χ0) is 21.2. The second kappa shape index (κ2) is 8.37. The third-order valence-electron chi connectivity index (χ3n) is 5.68. The van der Waals surface area contributed by atoms with Gasteiger partial charge in [-0.15, -0.1) is 0 Å². The van der Waals surface area contributed by atoms with Crippen LogP contribution in [0.4, 0.5) is 5.95 Å². The molecule has 0 unspecified atom stereocenters. The number of rotatable bonds is 8. The summed E-state index contributed by atoms with van der Waals surface area (Å²) < 4.78 is 11.1. The highest BCUT2D eigenvalue weighted by molar-refractivity contribution is 5.72. The van der Waals surface area contributed by atoms with Crippen LogP contribution in [-0.4, -0.2) is 40.7 Å². The zero-order valence-corrected chi connectivity index (χ0v) is 17.5. The van der Waals surface area contributed by atoms with E-state index in [1.807, 2.05) is 42.7 Å². The highest BCUT2D eigenvalue weighted by atomic mass is 16.5. The van der Waals surface area contributed by atoms with Crippen LogP contribution >= 0.6 is 0 Å². The Bertz CT molecular complexity index is 1040. The standard InChI is InChI=1S/C23H25N5O3/c1-15(29)24-11-21-8-22(27-31-21)19-12-28(13-19)23-25-9-18(10-26-23)17-4-6-20(7-5-17)30-14-16-2-3-16/h4-10,16,19H,2-3,11-14H2,1H3,(H,24,29). The van der Waals surface area contributed by atoms with Crippen LogP contribution in [0.15, 0.2) is 47.2 Å². The number of nitrogens with zero attached hydrogens (tertiary/aromatic N) is 4. The van der Waals surface area contributed by atoms with E-state index in [2.05, 4.69) is 25.3 Å². The van der Waals surface area contributed by atoms with Crippen LogP contribution in [-0.2, 0) is 11.3 Å². The van der Waals surface area contributed by atoms with Crippen molar-refractivity contribution in [2.45, 2.75) is 32.2 Å². The minimum atomic E-state index is -0.0915. The fraction of sp³-hybridized carbons (Fsp3) is 0.391. The Balaban J connectivity index is 1.14. The number of hydrogen-bond acceptors (Lipinski definition) is 7. The van der Waals surface area contributed by atoms with E-state index in [4.69, 9.17) is 9.26 Å². The Labute approximate surface area is 180 Å². The van der Waals surface area contributed by atoms with Gasteiger partial charge in [0.1, 0.15) is 5.75 Å². The predicted octanol–water partition coefficient (Wildman–Crippen LogP) is 3.16. The number of carbonyl (C=O) groups excluding carboxylic acids is 1. The SMILES string of the molecule is CC(=O)NCc1cc(C2CN(c3ncc(-c4ccc(OCC5CC5)cc4)cn3)C2)no1. The molecule has 8 nitrogen and oxygen atoms in total. The van der Waals surface area contributed by atoms with Gasteiger partial charge in [0.05, 0.1) is 18.8 Å². The molecule has 160 valence electrons. The number of aromatic nitrogens is 3. The van der Waals surface area contributed by atoms with Crippen molar-refractivity contribution in [3.05, 3.63) is 54.2 Å². The van der Waals surface area contributed by atoms with Gasteiger partial charge in [0.15, 0.2) is 5.76 Å². The lowest BCUT2D eigenvalue weighted by molar-refractivity contribution is -0.119. The molecule has 0 bridgehead atoms. The minimum absolute atomic E-state index is 0.0915. The molecule has 3 aromatic rings. The molecule has 31 heavy (non-hydrogen) atoms. The van der Waals surface area contributed by atoms with E-state index in [1.54, 1.807) is 0 Å². The molecular formula is C23H25N5O3.